The average molecular weight is 387 g/mol. The van der Waals surface area contributed by atoms with Gasteiger partial charge in [0, 0.05) is 38.3 Å². The Bertz CT molecular complexity index is 908. The van der Waals surface area contributed by atoms with E-state index in [4.69, 9.17) is 9.15 Å². The lowest BCUT2D eigenvalue weighted by molar-refractivity contribution is -0.137. The summed E-state index contributed by atoms with van der Waals surface area (Å²) in [6, 6.07) is 7.19. The van der Waals surface area contributed by atoms with Crippen LogP contribution in [0.1, 0.15) is 25.7 Å². The Morgan fingerprint density at radius 3 is 2.64 bits per heavy atom. The van der Waals surface area contributed by atoms with Crippen LogP contribution in [0.2, 0.25) is 0 Å². The summed E-state index contributed by atoms with van der Waals surface area (Å²) in [6.07, 6.45) is 3.59. The summed E-state index contributed by atoms with van der Waals surface area (Å²) in [5.41, 5.74) is 1.05. The number of carbonyl (C=O) groups excluding carboxylic acids is 2. The van der Waals surface area contributed by atoms with E-state index in [1.807, 2.05) is 4.90 Å². The van der Waals surface area contributed by atoms with Gasteiger partial charge >= 0.3 is 5.76 Å². The Morgan fingerprint density at radius 2 is 1.89 bits per heavy atom. The van der Waals surface area contributed by atoms with Crippen LogP contribution in [0.3, 0.4) is 0 Å². The van der Waals surface area contributed by atoms with Gasteiger partial charge in [-0.05, 0) is 37.8 Å². The molecule has 4 rings (SSSR count). The molecule has 2 heterocycles. The number of fused-ring (bicyclic) bond motifs is 1. The summed E-state index contributed by atoms with van der Waals surface area (Å²) >= 11 is 0. The van der Waals surface area contributed by atoms with Crippen LogP contribution in [-0.4, -0.2) is 53.6 Å². The van der Waals surface area contributed by atoms with Gasteiger partial charge in [0.05, 0.1) is 5.52 Å². The number of nitrogens with one attached hydrogen (secondary N) is 1. The standard InChI is InChI=1S/C20H25N3O5/c24-18(13-23-16-3-1-2-4-17(16)28-20(23)26)21-9-10-22(19(25)14-5-6-14)15-7-11-27-12-8-15/h1-4,14-15H,5-13H2,(H,21,24). The minimum Gasteiger partial charge on any atom is -0.408 e. The third-order valence-electron chi connectivity index (χ3n) is 5.39. The number of benzene rings is 1. The number of carbonyl (C=O) groups is 2. The summed E-state index contributed by atoms with van der Waals surface area (Å²) in [4.78, 5) is 38.9. The van der Waals surface area contributed by atoms with Gasteiger partial charge in [-0.25, -0.2) is 4.79 Å². The van der Waals surface area contributed by atoms with E-state index >= 15 is 0 Å². The zero-order valence-corrected chi connectivity index (χ0v) is 15.8. The van der Waals surface area contributed by atoms with Crippen LogP contribution in [0.5, 0.6) is 0 Å². The van der Waals surface area contributed by atoms with Crippen molar-refractivity contribution in [2.24, 2.45) is 5.92 Å². The maximum Gasteiger partial charge on any atom is 0.420 e. The van der Waals surface area contributed by atoms with Gasteiger partial charge in [0.25, 0.3) is 0 Å². The number of para-hydroxylation sites is 2. The normalized spacial score (nSPS) is 17.6. The smallest absolute Gasteiger partial charge is 0.408 e. The van der Waals surface area contributed by atoms with Crippen LogP contribution < -0.4 is 11.1 Å². The minimum absolute atomic E-state index is 0.107. The maximum atomic E-state index is 12.6. The van der Waals surface area contributed by atoms with Gasteiger partial charge in [-0.2, -0.15) is 0 Å². The monoisotopic (exact) mass is 387 g/mol. The molecule has 2 fully saturated rings. The quantitative estimate of drug-likeness (QED) is 0.769. The Kier molecular flexibility index (Phi) is 5.47. The molecule has 8 nitrogen and oxygen atoms in total. The molecular weight excluding hydrogens is 362 g/mol. The van der Waals surface area contributed by atoms with Crippen molar-refractivity contribution in [3.63, 3.8) is 0 Å². The van der Waals surface area contributed by atoms with E-state index in [-0.39, 0.29) is 30.3 Å². The Labute approximate surface area is 162 Å². The second-order valence-electron chi connectivity index (χ2n) is 7.42. The van der Waals surface area contributed by atoms with Crippen molar-refractivity contribution in [1.82, 2.24) is 14.8 Å². The highest BCUT2D eigenvalue weighted by Crippen LogP contribution is 2.32. The second kappa shape index (κ2) is 8.18. The third-order valence-corrected chi connectivity index (χ3v) is 5.39. The molecule has 2 aliphatic rings. The van der Waals surface area contributed by atoms with E-state index < -0.39 is 5.76 Å². The average Bonchev–Trinajstić information content (AvgIpc) is 3.51. The summed E-state index contributed by atoms with van der Waals surface area (Å²) < 4.78 is 11.9. The number of hydrogen-bond acceptors (Lipinski definition) is 5. The zero-order chi connectivity index (χ0) is 19.5. The minimum atomic E-state index is -0.552. The first-order valence-electron chi connectivity index (χ1n) is 9.87. The molecule has 1 aliphatic carbocycles. The van der Waals surface area contributed by atoms with Gasteiger partial charge in [0.15, 0.2) is 5.58 Å². The molecule has 1 aliphatic heterocycles. The fourth-order valence-electron chi connectivity index (χ4n) is 3.71. The third kappa shape index (κ3) is 4.11. The van der Waals surface area contributed by atoms with Crippen molar-refractivity contribution in [2.45, 2.75) is 38.3 Å². The topological polar surface area (TPSA) is 93.8 Å². The summed E-state index contributed by atoms with van der Waals surface area (Å²) in [5.74, 6) is -0.490. The summed E-state index contributed by atoms with van der Waals surface area (Å²) in [5, 5.41) is 2.83. The van der Waals surface area contributed by atoms with Crippen molar-refractivity contribution in [3.05, 3.63) is 34.8 Å². The molecule has 1 aromatic heterocycles. The molecule has 1 saturated carbocycles. The SMILES string of the molecule is O=C(Cn1c(=O)oc2ccccc21)NCCN(C(=O)C1CC1)C1CCOCC1. The lowest BCUT2D eigenvalue weighted by atomic mass is 10.1. The molecule has 1 aromatic carbocycles. The van der Waals surface area contributed by atoms with Crippen LogP contribution in [0.4, 0.5) is 0 Å². The first kappa shape index (κ1) is 18.7. The fraction of sp³-hybridized carbons (Fsp3) is 0.550. The Morgan fingerprint density at radius 1 is 1.14 bits per heavy atom. The number of amides is 2. The lowest BCUT2D eigenvalue weighted by Gasteiger charge is -2.34. The highest BCUT2D eigenvalue weighted by atomic mass is 16.5. The van der Waals surface area contributed by atoms with Crippen LogP contribution in [0.15, 0.2) is 33.5 Å². The van der Waals surface area contributed by atoms with Gasteiger partial charge in [-0.15, -0.1) is 0 Å². The van der Waals surface area contributed by atoms with E-state index in [0.29, 0.717) is 37.4 Å². The lowest BCUT2D eigenvalue weighted by Crippen LogP contribution is -2.47. The predicted molar refractivity (Wildman–Crippen MR) is 102 cm³/mol. The maximum absolute atomic E-state index is 12.6. The zero-order valence-electron chi connectivity index (χ0n) is 15.8. The predicted octanol–water partition coefficient (Wildman–Crippen LogP) is 1.13. The molecule has 150 valence electrons. The molecule has 0 bridgehead atoms. The summed E-state index contributed by atoms with van der Waals surface area (Å²) in [6.45, 7) is 2.07. The van der Waals surface area contributed by atoms with Crippen LogP contribution >= 0.6 is 0 Å². The van der Waals surface area contributed by atoms with Crippen LogP contribution in [-0.2, 0) is 20.9 Å². The van der Waals surface area contributed by atoms with E-state index in [2.05, 4.69) is 5.32 Å². The molecule has 0 spiro atoms. The van der Waals surface area contributed by atoms with Gasteiger partial charge < -0.3 is 19.4 Å². The molecule has 1 N–H and O–H groups in total. The number of ether oxygens (including phenoxy) is 1. The number of nitrogens with zero attached hydrogens (tertiary/aromatic N) is 2. The molecule has 1 saturated heterocycles. The molecule has 0 unspecified atom stereocenters. The highest BCUT2D eigenvalue weighted by Gasteiger charge is 2.36. The first-order chi connectivity index (χ1) is 13.6. The molecule has 8 heteroatoms. The van der Waals surface area contributed by atoms with Gasteiger partial charge in [0.2, 0.25) is 11.8 Å². The molecule has 28 heavy (non-hydrogen) atoms. The largest absolute Gasteiger partial charge is 0.420 e. The van der Waals surface area contributed by atoms with Crippen molar-refractivity contribution < 1.29 is 18.7 Å². The van der Waals surface area contributed by atoms with Gasteiger partial charge in [0.1, 0.15) is 6.54 Å². The molecule has 2 amide bonds. The van der Waals surface area contributed by atoms with Gasteiger partial charge in [-0.1, -0.05) is 12.1 Å². The van der Waals surface area contributed by atoms with Crippen molar-refractivity contribution in [1.29, 1.82) is 0 Å². The van der Waals surface area contributed by atoms with Crippen molar-refractivity contribution in [2.75, 3.05) is 26.3 Å². The number of oxazole rings is 1. The molecule has 0 atom stereocenters. The number of aromatic nitrogens is 1. The molecule has 0 radical (unpaired) electrons. The van der Waals surface area contributed by atoms with E-state index in [1.165, 1.54) is 4.57 Å². The second-order valence-corrected chi connectivity index (χ2v) is 7.42. The number of rotatable bonds is 7. The number of hydrogen-bond donors (Lipinski definition) is 1. The van der Waals surface area contributed by atoms with E-state index in [9.17, 15) is 14.4 Å². The molecular formula is C20H25N3O5. The van der Waals surface area contributed by atoms with Crippen molar-refractivity contribution in [3.8, 4) is 0 Å². The summed E-state index contributed by atoms with van der Waals surface area (Å²) in [7, 11) is 0. The van der Waals surface area contributed by atoms with E-state index in [1.54, 1.807) is 24.3 Å². The van der Waals surface area contributed by atoms with Crippen LogP contribution in [0, 0.1) is 5.92 Å². The Hall–Kier alpha value is -2.61. The van der Waals surface area contributed by atoms with Gasteiger partial charge in [-0.3, -0.25) is 14.2 Å². The Balaban J connectivity index is 1.34. The van der Waals surface area contributed by atoms with Crippen molar-refractivity contribution >= 4 is 22.9 Å². The highest BCUT2D eigenvalue weighted by molar-refractivity contribution is 5.82. The van der Waals surface area contributed by atoms with E-state index in [0.717, 1.165) is 25.7 Å². The molecule has 2 aromatic rings. The fourth-order valence-corrected chi connectivity index (χ4v) is 3.71. The van der Waals surface area contributed by atoms with Crippen LogP contribution in [0.25, 0.3) is 11.1 Å². The first-order valence-corrected chi connectivity index (χ1v) is 9.87.